The highest BCUT2D eigenvalue weighted by Gasteiger charge is 2.23. The van der Waals surface area contributed by atoms with Gasteiger partial charge >= 0.3 is 0 Å². The average molecular weight is 191 g/mol. The molecule has 0 aliphatic carbocycles. The first-order valence-electron chi connectivity index (χ1n) is 4.69. The molecule has 74 valence electrons. The van der Waals surface area contributed by atoms with Crippen molar-refractivity contribution in [2.24, 2.45) is 0 Å². The monoisotopic (exact) mass is 191 g/mol. The number of phenols is 1. The number of nitrogens with zero attached hydrogens (tertiary/aromatic N) is 1. The van der Waals surface area contributed by atoms with Gasteiger partial charge in [-0.3, -0.25) is 4.90 Å². The smallest absolute Gasteiger partial charge is 0.141 e. The van der Waals surface area contributed by atoms with Gasteiger partial charge in [-0.25, -0.2) is 0 Å². The predicted molar refractivity (Wildman–Crippen MR) is 53.2 cm³/mol. The molecule has 0 amide bonds. The quantitative estimate of drug-likeness (QED) is 0.676. The first-order valence-corrected chi connectivity index (χ1v) is 4.69. The van der Waals surface area contributed by atoms with Crippen LogP contribution in [-0.4, -0.2) is 29.9 Å². The van der Waals surface area contributed by atoms with Gasteiger partial charge in [-0.1, -0.05) is 6.07 Å². The third kappa shape index (κ3) is 1.40. The van der Waals surface area contributed by atoms with E-state index in [4.69, 9.17) is 0 Å². The number of rotatable bonds is 1. The van der Waals surface area contributed by atoms with Crippen molar-refractivity contribution >= 4 is 6.29 Å². The van der Waals surface area contributed by atoms with E-state index in [1.54, 1.807) is 12.1 Å². The number of likely N-dealkylation sites (N-methyl/N-ethyl adjacent to an activating group) is 1. The molecular formula is C11H13NO2. The van der Waals surface area contributed by atoms with Gasteiger partial charge in [0, 0.05) is 6.54 Å². The van der Waals surface area contributed by atoms with Crippen LogP contribution in [0.1, 0.15) is 17.2 Å². The molecule has 0 radical (unpaired) electrons. The summed E-state index contributed by atoms with van der Waals surface area (Å²) < 4.78 is 0. The standard InChI is InChI=1S/C11H13NO2/c1-12-5-4-8-6-9(14)2-3-10(8)11(12)7-13/h2-3,6-7,11,14H,4-5H2,1H3. The molecule has 0 saturated carbocycles. The summed E-state index contributed by atoms with van der Waals surface area (Å²) in [7, 11) is 1.94. The Morgan fingerprint density at radius 3 is 3.07 bits per heavy atom. The lowest BCUT2D eigenvalue weighted by Gasteiger charge is -2.30. The number of benzene rings is 1. The van der Waals surface area contributed by atoms with Crippen LogP contribution in [-0.2, 0) is 11.2 Å². The van der Waals surface area contributed by atoms with E-state index >= 15 is 0 Å². The molecule has 1 atom stereocenters. The minimum atomic E-state index is -0.153. The van der Waals surface area contributed by atoms with E-state index in [0.717, 1.165) is 30.4 Å². The summed E-state index contributed by atoms with van der Waals surface area (Å²) >= 11 is 0. The van der Waals surface area contributed by atoms with Crippen molar-refractivity contribution in [3.8, 4) is 5.75 Å². The van der Waals surface area contributed by atoms with E-state index in [-0.39, 0.29) is 11.8 Å². The van der Waals surface area contributed by atoms with Crippen LogP contribution in [0.15, 0.2) is 18.2 Å². The molecule has 1 aliphatic rings. The Bertz CT molecular complexity index is 362. The van der Waals surface area contributed by atoms with Crippen LogP contribution in [0.25, 0.3) is 0 Å². The van der Waals surface area contributed by atoms with Crippen molar-refractivity contribution in [3.05, 3.63) is 29.3 Å². The molecule has 0 spiro atoms. The fraction of sp³-hybridized carbons (Fsp3) is 0.364. The molecule has 1 aromatic carbocycles. The maximum atomic E-state index is 10.9. The highest BCUT2D eigenvalue weighted by molar-refractivity contribution is 5.63. The van der Waals surface area contributed by atoms with Gasteiger partial charge in [0.05, 0.1) is 6.04 Å². The zero-order chi connectivity index (χ0) is 10.1. The molecule has 0 fully saturated rings. The van der Waals surface area contributed by atoms with Gasteiger partial charge in [-0.15, -0.1) is 0 Å². The van der Waals surface area contributed by atoms with Crippen LogP contribution in [0.4, 0.5) is 0 Å². The molecule has 1 unspecified atom stereocenters. The van der Waals surface area contributed by atoms with Gasteiger partial charge in [-0.05, 0) is 36.7 Å². The van der Waals surface area contributed by atoms with E-state index < -0.39 is 0 Å². The van der Waals surface area contributed by atoms with E-state index in [9.17, 15) is 9.90 Å². The third-order valence-electron chi connectivity index (χ3n) is 2.78. The average Bonchev–Trinajstić information content (AvgIpc) is 2.18. The number of aldehydes is 1. The Morgan fingerprint density at radius 1 is 1.57 bits per heavy atom. The molecule has 1 aliphatic heterocycles. The maximum Gasteiger partial charge on any atom is 0.141 e. The van der Waals surface area contributed by atoms with Crippen molar-refractivity contribution < 1.29 is 9.90 Å². The van der Waals surface area contributed by atoms with E-state index in [1.165, 1.54) is 0 Å². The second kappa shape index (κ2) is 3.42. The summed E-state index contributed by atoms with van der Waals surface area (Å²) in [5.74, 6) is 0.276. The van der Waals surface area contributed by atoms with Gasteiger partial charge in [0.15, 0.2) is 0 Å². The molecule has 1 aromatic rings. The summed E-state index contributed by atoms with van der Waals surface area (Å²) in [5.41, 5.74) is 2.10. The van der Waals surface area contributed by atoms with Gasteiger partial charge in [0.2, 0.25) is 0 Å². The predicted octanol–water partition coefficient (Wildman–Crippen LogP) is 1.12. The minimum absolute atomic E-state index is 0.153. The Morgan fingerprint density at radius 2 is 2.36 bits per heavy atom. The zero-order valence-corrected chi connectivity index (χ0v) is 8.10. The third-order valence-corrected chi connectivity index (χ3v) is 2.78. The van der Waals surface area contributed by atoms with Crippen LogP contribution < -0.4 is 0 Å². The molecule has 2 rings (SSSR count). The van der Waals surface area contributed by atoms with Gasteiger partial charge in [0.1, 0.15) is 12.0 Å². The molecule has 14 heavy (non-hydrogen) atoms. The Kier molecular flexibility index (Phi) is 2.25. The van der Waals surface area contributed by atoms with Crippen LogP contribution in [0.5, 0.6) is 5.75 Å². The van der Waals surface area contributed by atoms with Crippen molar-refractivity contribution in [3.63, 3.8) is 0 Å². The van der Waals surface area contributed by atoms with E-state index in [0.29, 0.717) is 0 Å². The summed E-state index contributed by atoms with van der Waals surface area (Å²) in [5, 5.41) is 9.31. The van der Waals surface area contributed by atoms with Crippen molar-refractivity contribution in [1.29, 1.82) is 0 Å². The van der Waals surface area contributed by atoms with Gasteiger partial charge in [-0.2, -0.15) is 0 Å². The second-order valence-corrected chi connectivity index (χ2v) is 3.69. The highest BCUT2D eigenvalue weighted by atomic mass is 16.3. The van der Waals surface area contributed by atoms with Crippen LogP contribution in [0, 0.1) is 0 Å². The molecular weight excluding hydrogens is 178 g/mol. The van der Waals surface area contributed by atoms with E-state index in [2.05, 4.69) is 0 Å². The van der Waals surface area contributed by atoms with Gasteiger partial charge < -0.3 is 9.90 Å². The zero-order valence-electron chi connectivity index (χ0n) is 8.10. The fourth-order valence-electron chi connectivity index (χ4n) is 1.95. The van der Waals surface area contributed by atoms with Crippen LogP contribution in [0.3, 0.4) is 0 Å². The molecule has 0 aromatic heterocycles. The van der Waals surface area contributed by atoms with Crippen molar-refractivity contribution in [2.45, 2.75) is 12.5 Å². The summed E-state index contributed by atoms with van der Waals surface area (Å²) in [4.78, 5) is 12.9. The molecule has 3 heteroatoms. The number of hydrogen-bond acceptors (Lipinski definition) is 3. The van der Waals surface area contributed by atoms with Crippen LogP contribution >= 0.6 is 0 Å². The topological polar surface area (TPSA) is 40.5 Å². The minimum Gasteiger partial charge on any atom is -0.508 e. The molecule has 1 heterocycles. The SMILES string of the molecule is CN1CCc2cc(O)ccc2C1C=O. The lowest BCUT2D eigenvalue weighted by atomic mass is 9.93. The first kappa shape index (κ1) is 9.21. The summed E-state index contributed by atoms with van der Waals surface area (Å²) in [6, 6.07) is 5.06. The lowest BCUT2D eigenvalue weighted by molar-refractivity contribution is -0.112. The fourth-order valence-corrected chi connectivity index (χ4v) is 1.95. The molecule has 0 saturated heterocycles. The second-order valence-electron chi connectivity index (χ2n) is 3.69. The number of carbonyl (C=O) groups excluding carboxylic acids is 1. The highest BCUT2D eigenvalue weighted by Crippen LogP contribution is 2.29. The molecule has 1 N–H and O–H groups in total. The number of carbonyl (C=O) groups is 1. The van der Waals surface area contributed by atoms with Gasteiger partial charge in [0.25, 0.3) is 0 Å². The summed E-state index contributed by atoms with van der Waals surface area (Å²) in [6.45, 7) is 0.861. The molecule has 3 nitrogen and oxygen atoms in total. The summed E-state index contributed by atoms with van der Waals surface area (Å²) in [6.07, 6.45) is 1.85. The Labute approximate surface area is 83.0 Å². The Hall–Kier alpha value is -1.35. The maximum absolute atomic E-state index is 10.9. The van der Waals surface area contributed by atoms with Crippen molar-refractivity contribution in [2.75, 3.05) is 13.6 Å². The lowest BCUT2D eigenvalue weighted by Crippen LogP contribution is -2.32. The number of aromatic hydroxyl groups is 1. The van der Waals surface area contributed by atoms with Crippen LogP contribution in [0.2, 0.25) is 0 Å². The number of fused-ring (bicyclic) bond motifs is 1. The first-order chi connectivity index (χ1) is 6.72. The largest absolute Gasteiger partial charge is 0.508 e. The number of hydrogen-bond donors (Lipinski definition) is 1. The number of phenolic OH excluding ortho intramolecular Hbond substituents is 1. The van der Waals surface area contributed by atoms with E-state index in [1.807, 2.05) is 18.0 Å². The normalized spacial score (nSPS) is 21.6. The molecule has 0 bridgehead atoms. The van der Waals surface area contributed by atoms with Crippen molar-refractivity contribution in [1.82, 2.24) is 4.90 Å². The Balaban J connectivity index is 2.46.